The smallest absolute Gasteiger partial charge is 0.132 e. The number of nitrogens with zero attached hydrogens (tertiary/aromatic N) is 2. The summed E-state index contributed by atoms with van der Waals surface area (Å²) in [5, 5.41) is 11.8. The summed E-state index contributed by atoms with van der Waals surface area (Å²) in [7, 11) is 1.99. The third-order valence-corrected chi connectivity index (χ3v) is 5.77. The molecule has 4 nitrogen and oxygen atoms in total. The molecule has 0 aliphatic carbocycles. The normalized spacial score (nSPS) is 19.5. The molecule has 4 rings (SSSR count). The van der Waals surface area contributed by atoms with Gasteiger partial charge >= 0.3 is 0 Å². The van der Waals surface area contributed by atoms with Crippen LogP contribution >= 0.6 is 0 Å². The monoisotopic (exact) mass is 392 g/mol. The van der Waals surface area contributed by atoms with Gasteiger partial charge in [-0.1, -0.05) is 24.3 Å². The second-order valence-corrected chi connectivity index (χ2v) is 8.06. The van der Waals surface area contributed by atoms with Gasteiger partial charge in [-0.25, -0.2) is 4.39 Å². The van der Waals surface area contributed by atoms with E-state index >= 15 is 0 Å². The van der Waals surface area contributed by atoms with Crippen LogP contribution < -0.4 is 10.2 Å². The fraction of sp³-hybridized carbons (Fsp3) is 0.375. The van der Waals surface area contributed by atoms with Crippen LogP contribution in [0.5, 0.6) is 0 Å². The molecule has 0 bridgehead atoms. The number of anilines is 1. The number of rotatable bonds is 5. The third-order valence-electron chi connectivity index (χ3n) is 5.77. The van der Waals surface area contributed by atoms with E-state index in [2.05, 4.69) is 39.4 Å². The zero-order chi connectivity index (χ0) is 20.2. The van der Waals surface area contributed by atoms with Gasteiger partial charge in [0.1, 0.15) is 5.82 Å². The van der Waals surface area contributed by atoms with E-state index in [1.165, 1.54) is 36.6 Å². The van der Waals surface area contributed by atoms with E-state index in [-0.39, 0.29) is 5.82 Å². The average Bonchev–Trinajstić information content (AvgIpc) is 3.08. The molecule has 2 heterocycles. The van der Waals surface area contributed by atoms with Crippen molar-refractivity contribution in [1.82, 2.24) is 10.2 Å². The maximum Gasteiger partial charge on any atom is 0.132 e. The maximum absolute atomic E-state index is 14.6. The number of likely N-dealkylation sites (tertiary alicyclic amines) is 1. The van der Waals surface area contributed by atoms with Crippen molar-refractivity contribution in [2.45, 2.75) is 25.8 Å². The van der Waals surface area contributed by atoms with Crippen LogP contribution in [0.25, 0.3) is 5.70 Å². The van der Waals surface area contributed by atoms with Crippen LogP contribution in [0.4, 0.5) is 10.1 Å². The van der Waals surface area contributed by atoms with Crippen molar-refractivity contribution in [2.24, 2.45) is 0 Å². The summed E-state index contributed by atoms with van der Waals surface area (Å²) in [6, 6.07) is 15.4. The number of benzene rings is 2. The summed E-state index contributed by atoms with van der Waals surface area (Å²) in [6.07, 6.45) is 3.82. The van der Waals surface area contributed by atoms with E-state index in [9.17, 15) is 4.39 Å². The maximum atomic E-state index is 14.6. The lowest BCUT2D eigenvalue weighted by atomic mass is 10.0. The van der Waals surface area contributed by atoms with Crippen molar-refractivity contribution in [1.29, 1.82) is 5.41 Å². The van der Waals surface area contributed by atoms with Crippen molar-refractivity contribution >= 4 is 17.1 Å². The van der Waals surface area contributed by atoms with Gasteiger partial charge in [0.2, 0.25) is 0 Å². The van der Waals surface area contributed by atoms with E-state index in [1.807, 2.05) is 13.1 Å². The molecule has 2 aliphatic heterocycles. The highest BCUT2D eigenvalue weighted by Gasteiger charge is 2.24. The summed E-state index contributed by atoms with van der Waals surface area (Å²) in [5.74, 6) is -0.257. The Balaban J connectivity index is 1.59. The van der Waals surface area contributed by atoms with E-state index < -0.39 is 0 Å². The van der Waals surface area contributed by atoms with Crippen LogP contribution in [0.1, 0.15) is 30.4 Å². The fourth-order valence-corrected chi connectivity index (χ4v) is 4.25. The molecule has 0 aromatic heterocycles. The zero-order valence-electron chi connectivity index (χ0n) is 17.0. The van der Waals surface area contributed by atoms with Gasteiger partial charge in [0, 0.05) is 49.5 Å². The van der Waals surface area contributed by atoms with Gasteiger partial charge in [-0.15, -0.1) is 0 Å². The minimum absolute atomic E-state index is 0.257. The molecule has 0 amide bonds. The second kappa shape index (κ2) is 8.78. The highest BCUT2D eigenvalue weighted by molar-refractivity contribution is 6.07. The van der Waals surface area contributed by atoms with Crippen LogP contribution in [0.3, 0.4) is 0 Å². The SMILES string of the molecule is CN1CC(=N)/C(=C(\NCc2cccc(N3CCCCC3)c2)c2ccccc2F)C1. The summed E-state index contributed by atoms with van der Waals surface area (Å²) >= 11 is 0. The highest BCUT2D eigenvalue weighted by Crippen LogP contribution is 2.25. The Kier molecular flexibility index (Phi) is 5.95. The van der Waals surface area contributed by atoms with Gasteiger partial charge in [0.15, 0.2) is 0 Å². The molecule has 2 fully saturated rings. The molecule has 2 aliphatic rings. The minimum atomic E-state index is -0.257. The van der Waals surface area contributed by atoms with Crippen LogP contribution in [-0.4, -0.2) is 43.8 Å². The van der Waals surface area contributed by atoms with Crippen molar-refractivity contribution in [3.63, 3.8) is 0 Å². The van der Waals surface area contributed by atoms with Crippen LogP contribution in [0.2, 0.25) is 0 Å². The molecule has 0 radical (unpaired) electrons. The van der Waals surface area contributed by atoms with E-state index in [1.54, 1.807) is 12.1 Å². The van der Waals surface area contributed by atoms with E-state index in [4.69, 9.17) is 5.41 Å². The van der Waals surface area contributed by atoms with Gasteiger partial charge < -0.3 is 15.6 Å². The number of hydrogen-bond donors (Lipinski definition) is 2. The molecule has 2 aromatic rings. The van der Waals surface area contributed by atoms with Crippen molar-refractivity contribution in [3.8, 4) is 0 Å². The number of nitrogens with one attached hydrogen (secondary N) is 2. The largest absolute Gasteiger partial charge is 0.380 e. The predicted molar refractivity (Wildman–Crippen MR) is 118 cm³/mol. The lowest BCUT2D eigenvalue weighted by Gasteiger charge is -2.29. The molecule has 0 unspecified atom stereocenters. The minimum Gasteiger partial charge on any atom is -0.380 e. The number of halogens is 1. The summed E-state index contributed by atoms with van der Waals surface area (Å²) in [4.78, 5) is 4.53. The molecule has 5 heteroatoms. The first-order chi connectivity index (χ1) is 14.1. The molecular weight excluding hydrogens is 363 g/mol. The molecule has 0 saturated carbocycles. The first kappa shape index (κ1) is 19.6. The molecule has 29 heavy (non-hydrogen) atoms. The lowest BCUT2D eigenvalue weighted by molar-refractivity contribution is 0.444. The van der Waals surface area contributed by atoms with E-state index in [0.717, 1.165) is 24.4 Å². The van der Waals surface area contributed by atoms with Gasteiger partial charge in [0.25, 0.3) is 0 Å². The topological polar surface area (TPSA) is 42.4 Å². The lowest BCUT2D eigenvalue weighted by Crippen LogP contribution is -2.29. The van der Waals surface area contributed by atoms with Crippen molar-refractivity contribution < 1.29 is 4.39 Å². The predicted octanol–water partition coefficient (Wildman–Crippen LogP) is 4.28. The molecule has 0 atom stereocenters. The van der Waals surface area contributed by atoms with E-state index in [0.29, 0.717) is 30.9 Å². The van der Waals surface area contributed by atoms with Crippen LogP contribution in [0.15, 0.2) is 54.1 Å². The molecule has 0 spiro atoms. The molecule has 2 saturated heterocycles. The van der Waals surface area contributed by atoms with Crippen LogP contribution in [0, 0.1) is 11.2 Å². The van der Waals surface area contributed by atoms with Gasteiger partial charge in [-0.05, 0) is 56.1 Å². The first-order valence-electron chi connectivity index (χ1n) is 10.4. The second-order valence-electron chi connectivity index (χ2n) is 8.06. The molecule has 2 aromatic carbocycles. The first-order valence-corrected chi connectivity index (χ1v) is 10.4. The molecule has 2 N–H and O–H groups in total. The Bertz CT molecular complexity index is 915. The Morgan fingerprint density at radius 1 is 1.03 bits per heavy atom. The number of hydrogen-bond acceptors (Lipinski definition) is 4. The van der Waals surface area contributed by atoms with Gasteiger partial charge in [-0.2, -0.15) is 0 Å². The quantitative estimate of drug-likeness (QED) is 0.798. The Hall–Kier alpha value is -2.66. The summed E-state index contributed by atoms with van der Waals surface area (Å²) < 4.78 is 14.6. The van der Waals surface area contributed by atoms with Crippen molar-refractivity contribution in [2.75, 3.05) is 38.1 Å². The highest BCUT2D eigenvalue weighted by atomic mass is 19.1. The molecule has 152 valence electrons. The Labute approximate surface area is 172 Å². The standard InChI is InChI=1S/C24H29FN4/c1-28-16-21(23(26)17-28)24(20-10-3-4-11-22(20)25)27-15-18-8-7-9-19(14-18)29-12-5-2-6-13-29/h3-4,7-11,14,26-27H,2,5-6,12-13,15-17H2,1H3/b24-21-,26-23?. The summed E-state index contributed by atoms with van der Waals surface area (Å²) in [6.45, 7) is 4.09. The fourth-order valence-electron chi connectivity index (χ4n) is 4.25. The van der Waals surface area contributed by atoms with Gasteiger partial charge in [-0.3, -0.25) is 4.90 Å². The van der Waals surface area contributed by atoms with Crippen molar-refractivity contribution in [3.05, 3.63) is 71.0 Å². The summed E-state index contributed by atoms with van der Waals surface area (Å²) in [5.41, 5.74) is 5.14. The zero-order valence-corrected chi connectivity index (χ0v) is 17.0. The number of likely N-dealkylation sites (N-methyl/N-ethyl adjacent to an activating group) is 1. The van der Waals surface area contributed by atoms with Crippen LogP contribution in [-0.2, 0) is 6.54 Å². The average molecular weight is 393 g/mol. The Morgan fingerprint density at radius 2 is 1.83 bits per heavy atom. The van der Waals surface area contributed by atoms with Gasteiger partial charge in [0.05, 0.1) is 11.4 Å². The molecular formula is C24H29FN4. The third kappa shape index (κ3) is 4.51. The number of piperidine rings is 1. The Morgan fingerprint density at radius 3 is 2.55 bits per heavy atom.